The fourth-order valence-corrected chi connectivity index (χ4v) is 2.66. The maximum atomic E-state index is 11.9. The molecule has 0 saturated heterocycles. The van der Waals surface area contributed by atoms with Gasteiger partial charge in [0.05, 0.1) is 0 Å². The van der Waals surface area contributed by atoms with Gasteiger partial charge < -0.3 is 10.6 Å². The largest absolute Gasteiger partial charge is 0.356 e. The molecular formula is C16H27N3OS. The zero-order valence-corrected chi connectivity index (χ0v) is 14.3. The van der Waals surface area contributed by atoms with E-state index in [1.165, 1.54) is 5.56 Å². The van der Waals surface area contributed by atoms with Crippen molar-refractivity contribution in [3.05, 3.63) is 35.9 Å². The van der Waals surface area contributed by atoms with Crippen LogP contribution in [0.4, 0.5) is 0 Å². The lowest BCUT2D eigenvalue weighted by Crippen LogP contribution is -2.41. The van der Waals surface area contributed by atoms with Gasteiger partial charge in [0.15, 0.2) is 5.96 Å². The van der Waals surface area contributed by atoms with Crippen molar-refractivity contribution < 1.29 is 4.21 Å². The van der Waals surface area contributed by atoms with Crippen LogP contribution >= 0.6 is 0 Å². The Hall–Kier alpha value is -1.36. The molecular weight excluding hydrogens is 282 g/mol. The number of hydrogen-bond acceptors (Lipinski definition) is 2. The topological polar surface area (TPSA) is 53.5 Å². The fraction of sp³-hybridized carbons (Fsp3) is 0.562. The van der Waals surface area contributed by atoms with Crippen LogP contribution in [0.25, 0.3) is 0 Å². The molecule has 0 amide bonds. The van der Waals surface area contributed by atoms with E-state index in [1.807, 2.05) is 39.0 Å². The molecule has 1 rings (SSSR count). The van der Waals surface area contributed by atoms with Gasteiger partial charge in [-0.3, -0.25) is 9.20 Å². The van der Waals surface area contributed by atoms with Crippen LogP contribution in [0.3, 0.4) is 0 Å². The molecule has 4 nitrogen and oxygen atoms in total. The van der Waals surface area contributed by atoms with Crippen LogP contribution in [0.15, 0.2) is 35.3 Å². The van der Waals surface area contributed by atoms with Gasteiger partial charge in [0.2, 0.25) is 0 Å². The van der Waals surface area contributed by atoms with Crippen LogP contribution in [-0.4, -0.2) is 40.8 Å². The third-order valence-electron chi connectivity index (χ3n) is 3.04. The maximum absolute atomic E-state index is 11.9. The Morgan fingerprint density at radius 1 is 1.14 bits per heavy atom. The van der Waals surface area contributed by atoms with Gasteiger partial charge in [-0.1, -0.05) is 30.3 Å². The Labute approximate surface area is 130 Å². The van der Waals surface area contributed by atoms with Gasteiger partial charge in [0.25, 0.3) is 0 Å². The Kier molecular flexibility index (Phi) is 7.43. The summed E-state index contributed by atoms with van der Waals surface area (Å²) in [7, 11) is 0.912. The summed E-state index contributed by atoms with van der Waals surface area (Å²) >= 11 is 0. The number of nitrogens with one attached hydrogen (secondary N) is 2. The standard InChI is InChI=1S/C16H27N3OS/c1-16(2,3)21(20)13-12-19-15(17-4)18-11-10-14-8-6-5-7-9-14/h5-9H,10-13H2,1-4H3,(H2,17,18,19). The average molecular weight is 309 g/mol. The summed E-state index contributed by atoms with van der Waals surface area (Å²) in [5.74, 6) is 1.39. The fourth-order valence-electron chi connectivity index (χ4n) is 1.76. The van der Waals surface area contributed by atoms with E-state index in [4.69, 9.17) is 0 Å². The van der Waals surface area contributed by atoms with E-state index in [9.17, 15) is 4.21 Å². The molecule has 0 fully saturated rings. The zero-order valence-electron chi connectivity index (χ0n) is 13.5. The van der Waals surface area contributed by atoms with Gasteiger partial charge in [0.1, 0.15) is 0 Å². The van der Waals surface area contributed by atoms with E-state index in [0.717, 1.165) is 18.9 Å². The van der Waals surface area contributed by atoms with Crippen LogP contribution in [0.2, 0.25) is 0 Å². The molecule has 0 radical (unpaired) electrons. The van der Waals surface area contributed by atoms with Crippen molar-refractivity contribution in [2.45, 2.75) is 31.9 Å². The highest BCUT2D eigenvalue weighted by atomic mass is 32.2. The third kappa shape index (κ3) is 7.27. The molecule has 1 aromatic carbocycles. The molecule has 0 saturated carbocycles. The van der Waals surface area contributed by atoms with Gasteiger partial charge in [-0.25, -0.2) is 0 Å². The Morgan fingerprint density at radius 3 is 2.33 bits per heavy atom. The van der Waals surface area contributed by atoms with Crippen molar-refractivity contribution in [3.63, 3.8) is 0 Å². The van der Waals surface area contributed by atoms with Crippen molar-refractivity contribution in [1.29, 1.82) is 0 Å². The highest BCUT2D eigenvalue weighted by molar-refractivity contribution is 7.86. The van der Waals surface area contributed by atoms with Gasteiger partial charge >= 0.3 is 0 Å². The van der Waals surface area contributed by atoms with E-state index in [0.29, 0.717) is 12.3 Å². The minimum absolute atomic E-state index is 0.161. The first kappa shape index (κ1) is 17.7. The van der Waals surface area contributed by atoms with E-state index >= 15 is 0 Å². The summed E-state index contributed by atoms with van der Waals surface area (Å²) in [5.41, 5.74) is 1.30. The monoisotopic (exact) mass is 309 g/mol. The van der Waals surface area contributed by atoms with Crippen molar-refractivity contribution in [2.75, 3.05) is 25.9 Å². The molecule has 1 atom stereocenters. The minimum atomic E-state index is -0.836. The number of aliphatic imine (C=N–C) groups is 1. The van der Waals surface area contributed by atoms with Crippen molar-refractivity contribution >= 4 is 16.8 Å². The predicted molar refractivity (Wildman–Crippen MR) is 92.3 cm³/mol. The molecule has 0 aromatic heterocycles. The molecule has 1 aromatic rings. The highest BCUT2D eigenvalue weighted by Crippen LogP contribution is 2.10. The Balaban J connectivity index is 2.25. The second kappa shape index (κ2) is 8.82. The van der Waals surface area contributed by atoms with Gasteiger partial charge in [-0.15, -0.1) is 0 Å². The Bertz CT molecular complexity index is 466. The van der Waals surface area contributed by atoms with Crippen molar-refractivity contribution in [1.82, 2.24) is 10.6 Å². The van der Waals surface area contributed by atoms with Crippen LogP contribution in [0.5, 0.6) is 0 Å². The predicted octanol–water partition coefficient (Wildman–Crippen LogP) is 1.94. The number of benzene rings is 1. The molecule has 0 aliphatic heterocycles. The van der Waals surface area contributed by atoms with E-state index in [1.54, 1.807) is 7.05 Å². The number of rotatable bonds is 6. The summed E-state index contributed by atoms with van der Waals surface area (Å²) in [5, 5.41) is 6.47. The first-order chi connectivity index (χ1) is 9.93. The first-order valence-electron chi connectivity index (χ1n) is 7.30. The van der Waals surface area contributed by atoms with Gasteiger partial charge in [0, 0.05) is 41.4 Å². The first-order valence-corrected chi connectivity index (χ1v) is 8.62. The molecule has 5 heteroatoms. The Morgan fingerprint density at radius 2 is 1.76 bits per heavy atom. The van der Waals surface area contributed by atoms with E-state index in [-0.39, 0.29) is 4.75 Å². The molecule has 0 spiro atoms. The molecule has 21 heavy (non-hydrogen) atoms. The molecule has 118 valence electrons. The second-order valence-corrected chi connectivity index (χ2v) is 8.15. The summed E-state index contributed by atoms with van der Waals surface area (Å²) in [6, 6.07) is 10.3. The molecule has 0 bridgehead atoms. The zero-order chi connectivity index (χ0) is 15.7. The molecule has 1 unspecified atom stereocenters. The summed E-state index contributed by atoms with van der Waals surface area (Å²) in [4.78, 5) is 4.17. The molecule has 2 N–H and O–H groups in total. The quantitative estimate of drug-likeness (QED) is 0.624. The maximum Gasteiger partial charge on any atom is 0.191 e. The smallest absolute Gasteiger partial charge is 0.191 e. The van der Waals surface area contributed by atoms with Crippen molar-refractivity contribution in [3.8, 4) is 0 Å². The highest BCUT2D eigenvalue weighted by Gasteiger charge is 2.18. The van der Waals surface area contributed by atoms with Gasteiger partial charge in [-0.2, -0.15) is 0 Å². The summed E-state index contributed by atoms with van der Waals surface area (Å²) in [6.07, 6.45) is 0.954. The summed E-state index contributed by atoms with van der Waals surface area (Å²) < 4.78 is 11.8. The lowest BCUT2D eigenvalue weighted by molar-refractivity contribution is 0.647. The van der Waals surface area contributed by atoms with Crippen LogP contribution < -0.4 is 10.6 Å². The van der Waals surface area contributed by atoms with Crippen LogP contribution in [-0.2, 0) is 17.2 Å². The number of guanidine groups is 1. The lowest BCUT2D eigenvalue weighted by atomic mass is 10.1. The van der Waals surface area contributed by atoms with Crippen molar-refractivity contribution in [2.24, 2.45) is 4.99 Å². The van der Waals surface area contributed by atoms with E-state index < -0.39 is 10.8 Å². The third-order valence-corrected chi connectivity index (χ3v) is 4.98. The molecule has 0 heterocycles. The van der Waals surface area contributed by atoms with Gasteiger partial charge in [-0.05, 0) is 32.8 Å². The lowest BCUT2D eigenvalue weighted by Gasteiger charge is -2.18. The molecule has 0 aliphatic rings. The normalized spacial score (nSPS) is 13.8. The van der Waals surface area contributed by atoms with Crippen LogP contribution in [0.1, 0.15) is 26.3 Å². The second-order valence-electron chi connectivity index (χ2n) is 5.82. The van der Waals surface area contributed by atoms with E-state index in [2.05, 4.69) is 27.8 Å². The molecule has 0 aliphatic carbocycles. The summed E-state index contributed by atoms with van der Waals surface area (Å²) in [6.45, 7) is 7.48. The minimum Gasteiger partial charge on any atom is -0.356 e. The number of hydrogen-bond donors (Lipinski definition) is 2. The van der Waals surface area contributed by atoms with Crippen LogP contribution in [0, 0.1) is 0 Å². The number of nitrogens with zero attached hydrogens (tertiary/aromatic N) is 1. The average Bonchev–Trinajstić information content (AvgIpc) is 2.45. The SMILES string of the molecule is CN=C(NCCc1ccccc1)NCCS(=O)C(C)(C)C.